The molecule has 21 heteroatoms. The summed E-state index contributed by atoms with van der Waals surface area (Å²) in [7, 11) is 1.49. The number of fused-ring (bicyclic) bond motifs is 5. The van der Waals surface area contributed by atoms with E-state index >= 15 is 13.2 Å². The molecular weight excluding hydrogens is 1090 g/mol. The van der Waals surface area contributed by atoms with Gasteiger partial charge in [-0.25, -0.2) is 18.0 Å². The number of rotatable bonds is 15. The first kappa shape index (κ1) is 58.1. The monoisotopic (exact) mass is 1170 g/mol. The van der Waals surface area contributed by atoms with E-state index in [4.69, 9.17) is 35.3 Å². The van der Waals surface area contributed by atoms with Gasteiger partial charge in [-0.05, 0) is 165 Å². The number of methoxy groups -OCH3 is 1. The Morgan fingerprint density at radius 2 is 1.51 bits per heavy atom. The minimum absolute atomic E-state index is 0.0114. The van der Waals surface area contributed by atoms with E-state index in [1.807, 2.05) is 25.7 Å². The molecule has 1 N–H and O–H groups in total. The van der Waals surface area contributed by atoms with Gasteiger partial charge in [-0.3, -0.25) is 34.5 Å². The number of nitrogens with one attached hydrogen (secondary N) is 1. The molecule has 2 bridgehead atoms. The number of carbonyl (C=O) groups is 4. The van der Waals surface area contributed by atoms with Crippen LogP contribution in [0.2, 0.25) is 0 Å². The molecule has 0 saturated carbocycles. The number of imide groups is 1. The fourth-order valence-electron chi connectivity index (χ4n) is 14.3. The Bertz CT molecular complexity index is 3430. The topological polar surface area (TPSA) is 175 Å². The van der Waals surface area contributed by atoms with E-state index in [0.29, 0.717) is 81.9 Å². The van der Waals surface area contributed by atoms with Crippen LogP contribution in [-0.2, 0) is 25.6 Å². The molecule has 85 heavy (non-hydrogen) atoms. The maximum absolute atomic E-state index is 17.6. The number of hydrogen-bond acceptors (Lipinski definition) is 15. The molecule has 2 unspecified atom stereocenters. The van der Waals surface area contributed by atoms with Gasteiger partial charge >= 0.3 is 12.1 Å². The van der Waals surface area contributed by atoms with Crippen molar-refractivity contribution >= 4 is 57.0 Å². The second-order valence-electron chi connectivity index (χ2n) is 25.2. The number of halogens is 3. The van der Waals surface area contributed by atoms with E-state index in [1.165, 1.54) is 43.5 Å². The smallest absolute Gasteiger partial charge is 0.410 e. The van der Waals surface area contributed by atoms with Gasteiger partial charge in [0, 0.05) is 81.1 Å². The third-order valence-electron chi connectivity index (χ3n) is 18.6. The molecule has 2 aromatic heterocycles. The second-order valence-corrected chi connectivity index (χ2v) is 25.2. The fourth-order valence-corrected chi connectivity index (χ4v) is 14.3. The molecule has 450 valence electrons. The van der Waals surface area contributed by atoms with Crippen LogP contribution in [0.4, 0.5) is 29.5 Å². The average Bonchev–Trinajstić information content (AvgIpc) is 2.08. The average molecular weight is 1170 g/mol. The molecule has 3 aromatic carbocycles. The number of ether oxygens (including phenoxy) is 4. The van der Waals surface area contributed by atoms with Crippen molar-refractivity contribution in [3.63, 3.8) is 0 Å². The number of terminal acetylenes is 1. The lowest BCUT2D eigenvalue weighted by molar-refractivity contribution is -0.136. The molecule has 7 aliphatic rings. The number of carbonyl (C=O) groups excluding carboxylic acids is 4. The van der Waals surface area contributed by atoms with Gasteiger partial charge in [-0.2, -0.15) is 9.97 Å². The number of benzene rings is 3. The Balaban J connectivity index is 0.653. The molecule has 0 radical (unpaired) electrons. The molecular formula is C64H75F3N10O8. The Morgan fingerprint density at radius 1 is 0.800 bits per heavy atom. The number of likely N-dealkylation sites (tertiary alicyclic amines) is 2. The van der Waals surface area contributed by atoms with Gasteiger partial charge in [0.2, 0.25) is 11.8 Å². The number of nitrogens with zero attached hydrogens (tertiary/aromatic N) is 9. The van der Waals surface area contributed by atoms with E-state index in [1.54, 1.807) is 30.3 Å². The quantitative estimate of drug-likeness (QED) is 0.0598. The summed E-state index contributed by atoms with van der Waals surface area (Å²) in [6, 6.07) is 8.41. The van der Waals surface area contributed by atoms with Gasteiger partial charge in [0.15, 0.2) is 18.4 Å². The van der Waals surface area contributed by atoms with Crippen molar-refractivity contribution in [2.24, 2.45) is 17.8 Å². The minimum Gasteiger partial charge on any atom is -0.468 e. The molecule has 6 saturated heterocycles. The van der Waals surface area contributed by atoms with Crippen LogP contribution >= 0.6 is 0 Å². The van der Waals surface area contributed by atoms with Gasteiger partial charge in [-0.15, -0.1) is 6.42 Å². The number of aromatic nitrogens is 3. The highest BCUT2D eigenvalue weighted by atomic mass is 19.1. The second kappa shape index (κ2) is 24.2. The highest BCUT2D eigenvalue weighted by Gasteiger charge is 2.46. The first-order valence-corrected chi connectivity index (χ1v) is 30.3. The van der Waals surface area contributed by atoms with Crippen molar-refractivity contribution in [1.29, 1.82) is 0 Å². The maximum atomic E-state index is 17.6. The molecule has 6 fully saturated rings. The summed E-state index contributed by atoms with van der Waals surface area (Å²) in [6.45, 7) is 13.9. The third kappa shape index (κ3) is 12.0. The van der Waals surface area contributed by atoms with Crippen LogP contribution in [0.15, 0.2) is 42.6 Å². The van der Waals surface area contributed by atoms with Gasteiger partial charge in [0.1, 0.15) is 46.8 Å². The zero-order valence-electron chi connectivity index (χ0n) is 49.0. The first-order chi connectivity index (χ1) is 41.0. The summed E-state index contributed by atoms with van der Waals surface area (Å²) in [5, 5.41) is 3.50. The van der Waals surface area contributed by atoms with Crippen LogP contribution in [0.25, 0.3) is 32.9 Å². The number of piperidine rings is 4. The normalized spacial score (nSPS) is 22.1. The number of anilines is 2. The fraction of sp³-hybridized carbons (Fsp3) is 0.547. The lowest BCUT2D eigenvalue weighted by Gasteiger charge is -2.42. The lowest BCUT2D eigenvalue weighted by atomic mass is 9.82. The Hall–Kier alpha value is -7.28. The molecule has 4 amide bonds. The van der Waals surface area contributed by atoms with E-state index < -0.39 is 35.0 Å². The summed E-state index contributed by atoms with van der Waals surface area (Å²) in [5.41, 5.74) is 0.527. The van der Waals surface area contributed by atoms with Crippen molar-refractivity contribution in [3.8, 4) is 35.4 Å². The molecule has 3 atom stereocenters. The third-order valence-corrected chi connectivity index (χ3v) is 18.6. The Kier molecular flexibility index (Phi) is 16.6. The predicted octanol–water partition coefficient (Wildman–Crippen LogP) is 8.68. The SMILES string of the molecule is C#Cc1c(F)ccc2cc(OCOC)cc(-c3ncc4c(N5CC6CCC(C5)N6C(=O)OC(C)(C)C)nc(OCCN5CCC(CC6CCN(CC7CCN(c8ccc9c(c8F)CN([C@H]8CCC(=O)NC8=O)C9=O)CC7)CC6)CC5)nc4c3F)c12. The highest BCUT2D eigenvalue weighted by Crippen LogP contribution is 2.42. The summed E-state index contributed by atoms with van der Waals surface area (Å²) in [4.78, 5) is 77.8. The van der Waals surface area contributed by atoms with Crippen LogP contribution in [0.5, 0.6) is 11.8 Å². The van der Waals surface area contributed by atoms with E-state index in [-0.39, 0.29) is 91.1 Å². The van der Waals surface area contributed by atoms with Gasteiger partial charge in [0.25, 0.3) is 5.91 Å². The number of hydrogen-bond donors (Lipinski definition) is 1. The van der Waals surface area contributed by atoms with Crippen molar-refractivity contribution in [1.82, 2.24) is 39.9 Å². The van der Waals surface area contributed by atoms with Crippen LogP contribution in [0.1, 0.15) is 113 Å². The predicted molar refractivity (Wildman–Crippen MR) is 314 cm³/mol. The zero-order valence-corrected chi connectivity index (χ0v) is 49.0. The largest absolute Gasteiger partial charge is 0.468 e. The van der Waals surface area contributed by atoms with E-state index in [9.17, 15) is 19.2 Å². The van der Waals surface area contributed by atoms with Crippen molar-refractivity contribution in [2.75, 3.05) is 95.8 Å². The Morgan fingerprint density at radius 3 is 2.19 bits per heavy atom. The van der Waals surface area contributed by atoms with Crippen molar-refractivity contribution in [3.05, 3.63) is 76.7 Å². The van der Waals surface area contributed by atoms with Crippen LogP contribution in [0, 0.1) is 47.5 Å². The summed E-state index contributed by atoms with van der Waals surface area (Å²) in [5.74, 6) is 2.10. The molecule has 0 spiro atoms. The van der Waals surface area contributed by atoms with Gasteiger partial charge in [0.05, 0.1) is 35.3 Å². The van der Waals surface area contributed by atoms with Crippen LogP contribution in [-0.4, -0.2) is 168 Å². The minimum atomic E-state index is -0.781. The summed E-state index contributed by atoms with van der Waals surface area (Å²) in [6.07, 6.45) is 16.7. The van der Waals surface area contributed by atoms with Crippen LogP contribution < -0.4 is 24.6 Å². The summed E-state index contributed by atoms with van der Waals surface area (Å²) >= 11 is 0. The number of piperazine rings is 1. The Labute approximate surface area is 493 Å². The number of pyridine rings is 1. The molecule has 9 heterocycles. The standard InChI is InChI=1S/C64H75F3N10O8/c1-6-45-50(65)11-7-41-30-44(84-37-82-5)31-47(54(41)45)57-56(67)58-48(32-68-57)59(75-34-42-8-9-43(35-75)77(42)63(81)85-64(2,3)4)71-62(70-58)83-28-27-72-21-15-38(16-22-72)29-39-17-23-73(24-18-39)33-40-19-25-74(26-20-40)51-12-10-46-49(55(51)66)36-76(61(46)80)52-13-14-53(78)69-60(52)79/h1,7,10-12,30-32,38-40,42-43,52H,8-9,13-29,33-37H2,2-5H3,(H,69,78,79)/t42?,43?,52-/m0/s1. The van der Waals surface area contributed by atoms with E-state index in [0.717, 1.165) is 84.3 Å². The molecule has 0 aliphatic carbocycles. The van der Waals surface area contributed by atoms with Crippen LogP contribution in [0.3, 0.4) is 0 Å². The zero-order chi connectivity index (χ0) is 59.3. The van der Waals surface area contributed by atoms with Crippen molar-refractivity contribution in [2.45, 2.75) is 122 Å². The maximum Gasteiger partial charge on any atom is 0.410 e. The van der Waals surface area contributed by atoms with Crippen molar-refractivity contribution < 1.29 is 51.3 Å². The molecule has 18 nitrogen and oxygen atoms in total. The molecule has 5 aromatic rings. The van der Waals surface area contributed by atoms with Gasteiger partial charge in [-0.1, -0.05) is 12.0 Å². The van der Waals surface area contributed by atoms with Gasteiger partial charge < -0.3 is 38.5 Å². The van der Waals surface area contributed by atoms with E-state index in [2.05, 4.69) is 35.8 Å². The molecule has 7 aliphatic heterocycles. The molecule has 12 rings (SSSR count). The first-order valence-electron chi connectivity index (χ1n) is 30.3. The summed E-state index contributed by atoms with van der Waals surface area (Å²) < 4.78 is 72.2. The number of amides is 4. The lowest BCUT2D eigenvalue weighted by Crippen LogP contribution is -2.57. The highest BCUT2D eigenvalue weighted by molar-refractivity contribution is 6.06.